The molecule has 2 unspecified atom stereocenters. The number of rotatable bonds is 7. The van der Waals surface area contributed by atoms with Crippen LogP contribution in [0, 0.1) is 16.0 Å². The fourth-order valence-corrected chi connectivity index (χ4v) is 4.83. The lowest BCUT2D eigenvalue weighted by Crippen LogP contribution is -2.50. The van der Waals surface area contributed by atoms with E-state index in [4.69, 9.17) is 9.72 Å². The second-order valence-electron chi connectivity index (χ2n) is 8.49. The number of para-hydroxylation sites is 3. The van der Waals surface area contributed by atoms with E-state index in [9.17, 15) is 19.7 Å². The Kier molecular flexibility index (Phi) is 6.20. The molecular weight excluding hydrogens is 460 g/mol. The van der Waals surface area contributed by atoms with Crippen molar-refractivity contribution in [2.24, 2.45) is 5.92 Å². The molecule has 4 aromatic rings. The van der Waals surface area contributed by atoms with Crippen molar-refractivity contribution in [2.45, 2.75) is 19.4 Å². The van der Waals surface area contributed by atoms with Crippen molar-refractivity contribution in [3.05, 3.63) is 100 Å². The van der Waals surface area contributed by atoms with E-state index >= 15 is 0 Å². The Morgan fingerprint density at radius 2 is 1.72 bits per heavy atom. The predicted octanol–water partition coefficient (Wildman–Crippen LogP) is 4.30. The van der Waals surface area contributed by atoms with Gasteiger partial charge in [-0.2, -0.15) is 0 Å². The molecule has 0 radical (unpaired) electrons. The van der Waals surface area contributed by atoms with Gasteiger partial charge in [0.15, 0.2) is 5.92 Å². The number of hydrogen-bond acceptors (Lipinski definition) is 6. The van der Waals surface area contributed by atoms with Gasteiger partial charge in [-0.1, -0.05) is 60.7 Å². The van der Waals surface area contributed by atoms with Crippen LogP contribution in [0.15, 0.2) is 78.9 Å². The van der Waals surface area contributed by atoms with E-state index in [0.717, 1.165) is 5.56 Å². The van der Waals surface area contributed by atoms with Gasteiger partial charge in [-0.3, -0.25) is 24.6 Å². The second-order valence-corrected chi connectivity index (χ2v) is 8.49. The topological polar surface area (TPSA) is 108 Å². The molecule has 5 rings (SSSR count). The van der Waals surface area contributed by atoms with E-state index < -0.39 is 28.8 Å². The fourth-order valence-electron chi connectivity index (χ4n) is 4.83. The molecule has 0 fully saturated rings. The maximum absolute atomic E-state index is 14.0. The van der Waals surface area contributed by atoms with Gasteiger partial charge >= 0.3 is 5.97 Å². The summed E-state index contributed by atoms with van der Waals surface area (Å²) in [6, 6.07) is 22.2. The van der Waals surface area contributed by atoms with Gasteiger partial charge in [0.2, 0.25) is 11.9 Å². The van der Waals surface area contributed by atoms with Crippen LogP contribution in [0.5, 0.6) is 0 Å². The summed E-state index contributed by atoms with van der Waals surface area (Å²) >= 11 is 0. The molecule has 0 saturated carbocycles. The normalized spacial score (nSPS) is 17.1. The van der Waals surface area contributed by atoms with E-state index in [-0.39, 0.29) is 24.4 Å². The number of amides is 1. The molecule has 0 bridgehead atoms. The zero-order valence-corrected chi connectivity index (χ0v) is 19.6. The van der Waals surface area contributed by atoms with Crippen LogP contribution in [0.25, 0.3) is 11.0 Å². The number of carbonyl (C=O) groups excluding carboxylic acids is 2. The molecule has 36 heavy (non-hydrogen) atoms. The summed E-state index contributed by atoms with van der Waals surface area (Å²) in [5.41, 5.74) is 2.40. The van der Waals surface area contributed by atoms with Crippen molar-refractivity contribution in [3.63, 3.8) is 0 Å². The molecule has 9 heteroatoms. The molecule has 2 atom stereocenters. The van der Waals surface area contributed by atoms with Crippen molar-refractivity contribution in [2.75, 3.05) is 18.1 Å². The number of nitro groups is 1. The highest BCUT2D eigenvalue weighted by molar-refractivity contribution is 6.08. The molecule has 0 saturated heterocycles. The highest BCUT2D eigenvalue weighted by atomic mass is 16.6. The van der Waals surface area contributed by atoms with Crippen LogP contribution in [0.1, 0.15) is 24.1 Å². The number of ether oxygens (including phenoxy) is 1. The number of nitrogens with zero attached hydrogens (tertiary/aromatic N) is 4. The third-order valence-electron chi connectivity index (χ3n) is 6.40. The molecule has 0 N–H and O–H groups in total. The largest absolute Gasteiger partial charge is 0.465 e. The van der Waals surface area contributed by atoms with E-state index in [2.05, 4.69) is 0 Å². The smallest absolute Gasteiger partial charge is 0.321 e. The Morgan fingerprint density at radius 1 is 1.03 bits per heavy atom. The molecule has 182 valence electrons. The number of esters is 1. The minimum Gasteiger partial charge on any atom is -0.465 e. The van der Waals surface area contributed by atoms with Gasteiger partial charge in [-0.05, 0) is 31.0 Å². The molecule has 3 aromatic carbocycles. The van der Waals surface area contributed by atoms with Crippen LogP contribution < -0.4 is 4.90 Å². The first kappa shape index (κ1) is 23.2. The third kappa shape index (κ3) is 3.98. The van der Waals surface area contributed by atoms with E-state index in [0.29, 0.717) is 23.4 Å². The number of aromatic nitrogens is 2. The van der Waals surface area contributed by atoms with Gasteiger partial charge < -0.3 is 9.30 Å². The first-order valence-corrected chi connectivity index (χ1v) is 11.7. The van der Waals surface area contributed by atoms with Gasteiger partial charge in [-0.25, -0.2) is 4.98 Å². The monoisotopic (exact) mass is 484 g/mol. The lowest BCUT2D eigenvalue weighted by Gasteiger charge is -2.37. The van der Waals surface area contributed by atoms with Crippen molar-refractivity contribution < 1.29 is 19.2 Å². The molecule has 0 aliphatic carbocycles. The number of nitro benzene ring substituents is 1. The van der Waals surface area contributed by atoms with Gasteiger partial charge in [0, 0.05) is 12.6 Å². The van der Waals surface area contributed by atoms with Crippen molar-refractivity contribution in [3.8, 4) is 0 Å². The van der Waals surface area contributed by atoms with Gasteiger partial charge in [0.1, 0.15) is 0 Å². The minimum absolute atomic E-state index is 0.0771. The van der Waals surface area contributed by atoms with E-state index in [1.165, 1.54) is 11.0 Å². The zero-order chi connectivity index (χ0) is 25.2. The summed E-state index contributed by atoms with van der Waals surface area (Å²) in [5.74, 6) is -2.18. The molecule has 1 aliphatic rings. The first-order chi connectivity index (χ1) is 17.5. The summed E-state index contributed by atoms with van der Waals surface area (Å²) in [5, 5.41) is 12.0. The van der Waals surface area contributed by atoms with Crippen molar-refractivity contribution >= 4 is 34.5 Å². The van der Waals surface area contributed by atoms with Crippen LogP contribution in [-0.4, -0.2) is 39.5 Å². The average molecular weight is 485 g/mol. The quantitative estimate of drug-likeness (QED) is 0.168. The highest BCUT2D eigenvalue weighted by Gasteiger charge is 2.49. The number of hydrogen-bond donors (Lipinski definition) is 0. The first-order valence-electron chi connectivity index (χ1n) is 11.7. The Balaban J connectivity index is 1.73. The van der Waals surface area contributed by atoms with Crippen LogP contribution in [0.2, 0.25) is 0 Å². The molecule has 2 heterocycles. The van der Waals surface area contributed by atoms with E-state index in [1.54, 1.807) is 29.7 Å². The number of fused-ring (bicyclic) bond motifs is 3. The van der Waals surface area contributed by atoms with Gasteiger partial charge in [0.25, 0.3) is 5.69 Å². The van der Waals surface area contributed by atoms with Crippen molar-refractivity contribution in [1.29, 1.82) is 0 Å². The summed E-state index contributed by atoms with van der Waals surface area (Å²) in [6.45, 7) is 2.02. The standard InChI is InChI=1S/C27H24N4O5/c1-2-36-26(33)23-24(19-12-6-8-14-21(19)31(34)35)30-22-15-9-7-13-20(22)28-27(30)29(25(23)32)17-16-18-10-4-3-5-11-18/h3-15,23-24H,2,16-17H2,1H3. The van der Waals surface area contributed by atoms with E-state index in [1.807, 2.05) is 54.6 Å². The highest BCUT2D eigenvalue weighted by Crippen LogP contribution is 2.43. The maximum Gasteiger partial charge on any atom is 0.321 e. The average Bonchev–Trinajstić information content (AvgIpc) is 3.27. The second kappa shape index (κ2) is 9.61. The lowest BCUT2D eigenvalue weighted by atomic mass is 9.88. The Morgan fingerprint density at radius 3 is 2.47 bits per heavy atom. The summed E-state index contributed by atoms with van der Waals surface area (Å²) in [4.78, 5) is 44.9. The zero-order valence-electron chi connectivity index (χ0n) is 19.6. The summed E-state index contributed by atoms with van der Waals surface area (Å²) in [6.07, 6.45) is 0.543. The fraction of sp³-hybridized carbons (Fsp3) is 0.222. The predicted molar refractivity (Wildman–Crippen MR) is 134 cm³/mol. The molecule has 9 nitrogen and oxygen atoms in total. The van der Waals surface area contributed by atoms with Crippen LogP contribution in [-0.2, 0) is 20.7 Å². The summed E-state index contributed by atoms with van der Waals surface area (Å²) < 4.78 is 7.10. The Labute approximate surface area is 207 Å². The Hall–Kier alpha value is -4.53. The lowest BCUT2D eigenvalue weighted by molar-refractivity contribution is -0.385. The van der Waals surface area contributed by atoms with Crippen molar-refractivity contribution in [1.82, 2.24) is 9.55 Å². The number of imidazole rings is 1. The Bertz CT molecular complexity index is 1450. The molecular formula is C27H24N4O5. The molecule has 1 aliphatic heterocycles. The number of carbonyl (C=O) groups is 2. The SMILES string of the molecule is CCOC(=O)C1C(=O)N(CCc2ccccc2)c2nc3ccccc3n2C1c1ccccc1[N+](=O)[O-]. The minimum atomic E-state index is -1.31. The van der Waals surface area contributed by atoms with Crippen LogP contribution in [0.3, 0.4) is 0 Å². The molecule has 0 spiro atoms. The molecule has 1 amide bonds. The maximum atomic E-state index is 14.0. The van der Waals surface area contributed by atoms with Crippen LogP contribution in [0.4, 0.5) is 11.6 Å². The number of anilines is 1. The molecule has 1 aromatic heterocycles. The van der Waals surface area contributed by atoms with Crippen LogP contribution >= 0.6 is 0 Å². The number of benzene rings is 3. The summed E-state index contributed by atoms with van der Waals surface area (Å²) in [7, 11) is 0. The third-order valence-corrected chi connectivity index (χ3v) is 6.40. The van der Waals surface area contributed by atoms with Gasteiger partial charge in [-0.15, -0.1) is 0 Å². The van der Waals surface area contributed by atoms with Gasteiger partial charge in [0.05, 0.1) is 34.2 Å².